The molecule has 0 aromatic carbocycles. The zero-order chi connectivity index (χ0) is 24.8. The van der Waals surface area contributed by atoms with E-state index in [9.17, 15) is 4.79 Å². The Hall–Kier alpha value is -1.97. The number of carbonyl (C=O) groups is 1. The SMILES string of the molecule is CC(CCNC(=O)c1c(Cl)cncc1Cl)N1CCC(C(Oc2cccc(Cl)n2)c2nccs2)CC1. The Morgan fingerprint density at radius 2 is 1.97 bits per heavy atom. The van der Waals surface area contributed by atoms with Crippen LogP contribution in [-0.4, -0.2) is 51.4 Å². The Kier molecular flexibility index (Phi) is 9.19. The number of halogens is 3. The summed E-state index contributed by atoms with van der Waals surface area (Å²) < 4.78 is 6.29. The van der Waals surface area contributed by atoms with Crippen LogP contribution in [0, 0.1) is 5.92 Å². The molecule has 0 bridgehead atoms. The Morgan fingerprint density at radius 1 is 1.23 bits per heavy atom. The van der Waals surface area contributed by atoms with E-state index >= 15 is 0 Å². The second kappa shape index (κ2) is 12.3. The first kappa shape index (κ1) is 26.1. The summed E-state index contributed by atoms with van der Waals surface area (Å²) in [4.78, 5) is 27.6. The van der Waals surface area contributed by atoms with Crippen molar-refractivity contribution < 1.29 is 9.53 Å². The van der Waals surface area contributed by atoms with Gasteiger partial charge in [0.05, 0.1) is 15.6 Å². The van der Waals surface area contributed by atoms with E-state index in [-0.39, 0.29) is 27.6 Å². The zero-order valence-corrected chi connectivity index (χ0v) is 22.2. The molecule has 7 nitrogen and oxygen atoms in total. The number of ether oxygens (including phenoxy) is 1. The van der Waals surface area contributed by atoms with Gasteiger partial charge in [-0.15, -0.1) is 11.3 Å². The second-order valence-corrected chi connectivity index (χ2v) is 10.6. The van der Waals surface area contributed by atoms with Gasteiger partial charge in [-0.05, 0) is 45.3 Å². The van der Waals surface area contributed by atoms with Gasteiger partial charge in [0, 0.05) is 48.5 Å². The van der Waals surface area contributed by atoms with Crippen LogP contribution in [0.25, 0.3) is 0 Å². The maximum atomic E-state index is 12.5. The number of nitrogens with zero attached hydrogens (tertiary/aromatic N) is 4. The average Bonchev–Trinajstić information content (AvgIpc) is 3.37. The number of piperidine rings is 1. The van der Waals surface area contributed by atoms with E-state index in [1.807, 2.05) is 17.5 Å². The quantitative estimate of drug-likeness (QED) is 0.330. The highest BCUT2D eigenvalue weighted by Gasteiger charge is 2.32. The molecule has 4 heterocycles. The minimum atomic E-state index is -0.286. The van der Waals surface area contributed by atoms with E-state index in [1.54, 1.807) is 23.6 Å². The number of hydrogen-bond acceptors (Lipinski definition) is 7. The first-order valence-corrected chi connectivity index (χ1v) is 13.4. The van der Waals surface area contributed by atoms with Crippen LogP contribution < -0.4 is 10.1 Å². The Bertz CT molecular complexity index is 1110. The molecule has 2 atom stereocenters. The lowest BCUT2D eigenvalue weighted by molar-refractivity contribution is 0.0579. The number of likely N-dealkylation sites (tertiary alicyclic amines) is 1. The van der Waals surface area contributed by atoms with E-state index in [4.69, 9.17) is 39.5 Å². The van der Waals surface area contributed by atoms with Crippen molar-refractivity contribution in [2.75, 3.05) is 19.6 Å². The van der Waals surface area contributed by atoms with Gasteiger partial charge in [-0.3, -0.25) is 9.78 Å². The molecule has 186 valence electrons. The third-order valence-electron chi connectivity index (χ3n) is 6.19. The number of pyridine rings is 2. The van der Waals surface area contributed by atoms with Crippen molar-refractivity contribution in [3.05, 3.63) is 67.9 Å². The van der Waals surface area contributed by atoms with Gasteiger partial charge in [-0.25, -0.2) is 9.97 Å². The maximum Gasteiger partial charge on any atom is 0.254 e. The number of amides is 1. The third-order valence-corrected chi connectivity index (χ3v) is 7.81. The predicted octanol–water partition coefficient (Wildman–Crippen LogP) is 5.93. The van der Waals surface area contributed by atoms with Gasteiger partial charge in [0.15, 0.2) is 6.10 Å². The molecular formula is C24H26Cl3N5O2S. The molecule has 0 spiro atoms. The van der Waals surface area contributed by atoms with Gasteiger partial charge in [0.2, 0.25) is 5.88 Å². The number of nitrogens with one attached hydrogen (secondary N) is 1. The van der Waals surface area contributed by atoms with Gasteiger partial charge in [-0.1, -0.05) is 40.9 Å². The summed E-state index contributed by atoms with van der Waals surface area (Å²) in [6.07, 6.45) is 7.25. The normalized spacial score (nSPS) is 16.6. The summed E-state index contributed by atoms with van der Waals surface area (Å²) in [7, 11) is 0. The van der Waals surface area contributed by atoms with Crippen LogP contribution in [0.4, 0.5) is 0 Å². The minimum Gasteiger partial charge on any atom is -0.467 e. The first-order chi connectivity index (χ1) is 16.9. The second-order valence-electron chi connectivity index (χ2n) is 8.45. The molecule has 2 unspecified atom stereocenters. The summed E-state index contributed by atoms with van der Waals surface area (Å²) >= 11 is 19.8. The van der Waals surface area contributed by atoms with Crippen molar-refractivity contribution in [3.8, 4) is 5.88 Å². The lowest BCUT2D eigenvalue weighted by Gasteiger charge is -2.38. The summed E-state index contributed by atoms with van der Waals surface area (Å²) in [5.41, 5.74) is 0.263. The highest BCUT2D eigenvalue weighted by molar-refractivity contribution is 7.09. The predicted molar refractivity (Wildman–Crippen MR) is 140 cm³/mol. The van der Waals surface area contributed by atoms with Crippen LogP contribution in [0.1, 0.15) is 47.7 Å². The minimum absolute atomic E-state index is 0.160. The van der Waals surface area contributed by atoms with E-state index in [2.05, 4.69) is 32.1 Å². The maximum absolute atomic E-state index is 12.5. The van der Waals surface area contributed by atoms with E-state index in [0.717, 1.165) is 37.4 Å². The lowest BCUT2D eigenvalue weighted by Crippen LogP contribution is -2.43. The van der Waals surface area contributed by atoms with Crippen LogP contribution in [0.15, 0.2) is 42.2 Å². The number of thiazole rings is 1. The van der Waals surface area contributed by atoms with Crippen LogP contribution in [0.5, 0.6) is 5.88 Å². The molecule has 3 aromatic heterocycles. The van der Waals surface area contributed by atoms with E-state index < -0.39 is 0 Å². The average molecular weight is 555 g/mol. The molecule has 1 fully saturated rings. The fourth-order valence-corrected chi connectivity index (χ4v) is 5.72. The smallest absolute Gasteiger partial charge is 0.254 e. The molecule has 1 aliphatic heterocycles. The molecule has 11 heteroatoms. The molecule has 35 heavy (non-hydrogen) atoms. The van der Waals surface area contributed by atoms with E-state index in [1.165, 1.54) is 12.4 Å². The molecule has 1 saturated heterocycles. The van der Waals surface area contributed by atoms with Crippen molar-refractivity contribution in [1.82, 2.24) is 25.2 Å². The fourth-order valence-electron chi connectivity index (χ4n) is 4.27. The van der Waals surface area contributed by atoms with Gasteiger partial charge in [0.25, 0.3) is 5.91 Å². The van der Waals surface area contributed by atoms with Crippen molar-refractivity contribution >= 4 is 52.0 Å². The summed E-state index contributed by atoms with van der Waals surface area (Å²) in [5.74, 6) is 0.547. The number of rotatable bonds is 9. The largest absolute Gasteiger partial charge is 0.467 e. The standard InChI is InChI=1S/C24H26Cl3N5O2S/c1-15(5-8-29-23(33)21-17(25)13-28-14-18(21)26)32-10-6-16(7-11-32)22(24-30-9-12-35-24)34-20-4-2-3-19(27)31-20/h2-4,9,12-16,22H,5-8,10-11H2,1H3,(H,29,33). The molecule has 0 radical (unpaired) electrons. The Morgan fingerprint density at radius 3 is 2.63 bits per heavy atom. The lowest BCUT2D eigenvalue weighted by atomic mass is 9.90. The summed E-state index contributed by atoms with van der Waals surface area (Å²) in [5, 5.41) is 6.74. The van der Waals surface area contributed by atoms with Crippen LogP contribution in [0.2, 0.25) is 15.2 Å². The molecule has 4 rings (SSSR count). The number of hydrogen-bond donors (Lipinski definition) is 1. The highest BCUT2D eigenvalue weighted by Crippen LogP contribution is 2.36. The van der Waals surface area contributed by atoms with Crippen molar-refractivity contribution in [2.24, 2.45) is 5.92 Å². The molecule has 3 aromatic rings. The van der Waals surface area contributed by atoms with Crippen molar-refractivity contribution in [2.45, 2.75) is 38.3 Å². The fraction of sp³-hybridized carbons (Fsp3) is 0.417. The molecule has 0 aliphatic carbocycles. The topological polar surface area (TPSA) is 80.2 Å². The van der Waals surface area contributed by atoms with Crippen LogP contribution in [-0.2, 0) is 0 Å². The third kappa shape index (κ3) is 6.83. The Labute approximate surface area is 223 Å². The zero-order valence-electron chi connectivity index (χ0n) is 19.2. The molecule has 0 saturated carbocycles. The van der Waals surface area contributed by atoms with Gasteiger partial charge in [-0.2, -0.15) is 0 Å². The number of carbonyl (C=O) groups excluding carboxylic acids is 1. The van der Waals surface area contributed by atoms with Crippen LogP contribution >= 0.6 is 46.1 Å². The van der Waals surface area contributed by atoms with Gasteiger partial charge >= 0.3 is 0 Å². The highest BCUT2D eigenvalue weighted by atomic mass is 35.5. The molecule has 1 amide bonds. The molecule has 1 N–H and O–H groups in total. The Balaban J connectivity index is 1.29. The van der Waals surface area contributed by atoms with Gasteiger partial charge < -0.3 is 15.0 Å². The van der Waals surface area contributed by atoms with Gasteiger partial charge in [0.1, 0.15) is 10.2 Å². The summed E-state index contributed by atoms with van der Waals surface area (Å²) in [6, 6.07) is 5.71. The number of aromatic nitrogens is 3. The monoisotopic (exact) mass is 553 g/mol. The van der Waals surface area contributed by atoms with Crippen molar-refractivity contribution in [1.29, 1.82) is 0 Å². The van der Waals surface area contributed by atoms with E-state index in [0.29, 0.717) is 29.5 Å². The molecular weight excluding hydrogens is 529 g/mol. The summed E-state index contributed by atoms with van der Waals surface area (Å²) in [6.45, 7) is 4.59. The first-order valence-electron chi connectivity index (χ1n) is 11.4. The van der Waals surface area contributed by atoms with Crippen molar-refractivity contribution in [3.63, 3.8) is 0 Å². The van der Waals surface area contributed by atoms with Crippen LogP contribution in [0.3, 0.4) is 0 Å². The molecule has 1 aliphatic rings.